The summed E-state index contributed by atoms with van der Waals surface area (Å²) >= 11 is 18.5. The van der Waals surface area contributed by atoms with Crippen LogP contribution < -0.4 is 4.74 Å². The van der Waals surface area contributed by atoms with Gasteiger partial charge in [0.15, 0.2) is 0 Å². The summed E-state index contributed by atoms with van der Waals surface area (Å²) in [5.41, 5.74) is 0.598. The van der Waals surface area contributed by atoms with Crippen molar-refractivity contribution in [1.82, 2.24) is 4.90 Å². The van der Waals surface area contributed by atoms with Gasteiger partial charge < -0.3 is 19.5 Å². The van der Waals surface area contributed by atoms with E-state index in [4.69, 9.17) is 44.3 Å². The molecular formula is C22H20Cl3NO5. The van der Waals surface area contributed by atoms with Crippen molar-refractivity contribution in [2.75, 3.05) is 26.9 Å². The Morgan fingerprint density at radius 2 is 1.77 bits per heavy atom. The molecule has 1 saturated heterocycles. The van der Waals surface area contributed by atoms with E-state index in [0.29, 0.717) is 22.9 Å². The summed E-state index contributed by atoms with van der Waals surface area (Å²) in [5.74, 6) is -1.52. The Morgan fingerprint density at radius 1 is 1.06 bits per heavy atom. The quantitative estimate of drug-likeness (QED) is 0.336. The van der Waals surface area contributed by atoms with Gasteiger partial charge in [0.05, 0.1) is 39.9 Å². The molecule has 1 atom stereocenters. The Kier molecular flexibility index (Phi) is 7.49. The minimum Gasteiger partial charge on any atom is -0.507 e. The molecule has 0 saturated carbocycles. The number of amides is 1. The summed E-state index contributed by atoms with van der Waals surface area (Å²) in [7, 11) is 1.49. The van der Waals surface area contributed by atoms with Crippen LogP contribution in [0.4, 0.5) is 0 Å². The molecular weight excluding hydrogens is 465 g/mol. The SMILES string of the molecule is CCOc1ccc(Cl)c(/C(O)=C2\C(=O)C(=O)N(CCOC)C2c2ccc(Cl)c(Cl)c2)c1. The van der Waals surface area contributed by atoms with Gasteiger partial charge in [-0.3, -0.25) is 9.59 Å². The predicted octanol–water partition coefficient (Wildman–Crippen LogP) is 5.11. The maximum Gasteiger partial charge on any atom is 0.295 e. The second-order valence-corrected chi connectivity index (χ2v) is 7.96. The number of carbonyl (C=O) groups excluding carboxylic acids is 2. The van der Waals surface area contributed by atoms with Gasteiger partial charge in [-0.2, -0.15) is 0 Å². The molecule has 2 aromatic carbocycles. The lowest BCUT2D eigenvalue weighted by Crippen LogP contribution is -2.32. The highest BCUT2D eigenvalue weighted by Gasteiger charge is 2.46. The molecule has 31 heavy (non-hydrogen) atoms. The molecule has 2 aromatic rings. The van der Waals surface area contributed by atoms with E-state index in [1.165, 1.54) is 18.1 Å². The van der Waals surface area contributed by atoms with Crippen LogP contribution in [-0.2, 0) is 14.3 Å². The lowest BCUT2D eigenvalue weighted by Gasteiger charge is -2.25. The van der Waals surface area contributed by atoms with Crippen LogP contribution in [-0.4, -0.2) is 48.6 Å². The number of aliphatic hydroxyl groups is 1. The van der Waals surface area contributed by atoms with Crippen LogP contribution in [0, 0.1) is 0 Å². The van der Waals surface area contributed by atoms with Gasteiger partial charge in [-0.25, -0.2) is 0 Å². The van der Waals surface area contributed by atoms with Crippen molar-refractivity contribution in [1.29, 1.82) is 0 Å². The monoisotopic (exact) mass is 483 g/mol. The average molecular weight is 485 g/mol. The first-order valence-corrected chi connectivity index (χ1v) is 10.6. The van der Waals surface area contributed by atoms with Crippen LogP contribution in [0.2, 0.25) is 15.1 Å². The molecule has 1 N–H and O–H groups in total. The molecule has 0 bridgehead atoms. The van der Waals surface area contributed by atoms with Gasteiger partial charge in [0, 0.05) is 19.2 Å². The number of ether oxygens (including phenoxy) is 2. The second-order valence-electron chi connectivity index (χ2n) is 6.73. The molecule has 3 rings (SSSR count). The Balaban J connectivity index is 2.21. The van der Waals surface area contributed by atoms with Crippen molar-refractivity contribution in [3.8, 4) is 5.75 Å². The lowest BCUT2D eigenvalue weighted by atomic mass is 9.95. The summed E-state index contributed by atoms with van der Waals surface area (Å²) in [6.07, 6.45) is 0. The summed E-state index contributed by atoms with van der Waals surface area (Å²) in [6, 6.07) is 8.61. The number of aliphatic hydroxyl groups excluding tert-OH is 1. The first-order chi connectivity index (χ1) is 14.8. The molecule has 0 aliphatic carbocycles. The number of Topliss-reactive ketones (excluding diaryl/α,β-unsaturated/α-hetero) is 1. The third-order valence-electron chi connectivity index (χ3n) is 4.84. The smallest absolute Gasteiger partial charge is 0.295 e. The Hall–Kier alpha value is -2.25. The summed E-state index contributed by atoms with van der Waals surface area (Å²) in [5, 5.41) is 11.9. The highest BCUT2D eigenvalue weighted by molar-refractivity contribution is 6.47. The molecule has 0 spiro atoms. The molecule has 1 unspecified atom stereocenters. The van der Waals surface area contributed by atoms with Crippen LogP contribution in [0.1, 0.15) is 24.1 Å². The van der Waals surface area contributed by atoms with E-state index in [1.807, 2.05) is 6.92 Å². The molecule has 0 aromatic heterocycles. The zero-order valence-corrected chi connectivity index (χ0v) is 19.1. The standard InChI is InChI=1S/C22H20Cl3NO5/c1-3-31-13-5-7-15(23)14(11-13)20(27)18-19(12-4-6-16(24)17(25)10-12)26(8-9-30-2)22(29)21(18)28/h4-7,10-11,19,27H,3,8-9H2,1-2H3/b20-18+. The Bertz CT molecular complexity index is 1050. The van der Waals surface area contributed by atoms with Crippen LogP contribution in [0.3, 0.4) is 0 Å². The maximum atomic E-state index is 13.0. The maximum absolute atomic E-state index is 13.0. The van der Waals surface area contributed by atoms with Crippen molar-refractivity contribution in [2.24, 2.45) is 0 Å². The molecule has 9 heteroatoms. The molecule has 1 aliphatic rings. The molecule has 1 amide bonds. The highest BCUT2D eigenvalue weighted by atomic mass is 35.5. The second kappa shape index (κ2) is 9.92. The first-order valence-electron chi connectivity index (χ1n) is 9.45. The van der Waals surface area contributed by atoms with Gasteiger partial charge >= 0.3 is 0 Å². The average Bonchev–Trinajstić information content (AvgIpc) is 3.00. The van der Waals surface area contributed by atoms with E-state index < -0.39 is 23.5 Å². The number of hydrogen-bond acceptors (Lipinski definition) is 5. The van der Waals surface area contributed by atoms with Crippen LogP contribution >= 0.6 is 34.8 Å². The minimum atomic E-state index is -0.892. The third kappa shape index (κ3) is 4.67. The van der Waals surface area contributed by atoms with Gasteiger partial charge in [0.2, 0.25) is 0 Å². The largest absolute Gasteiger partial charge is 0.507 e. The van der Waals surface area contributed by atoms with Crippen molar-refractivity contribution in [3.63, 3.8) is 0 Å². The fourth-order valence-electron chi connectivity index (χ4n) is 3.42. The Morgan fingerprint density at radius 3 is 2.42 bits per heavy atom. The van der Waals surface area contributed by atoms with Crippen molar-refractivity contribution in [3.05, 3.63) is 68.2 Å². The molecule has 0 radical (unpaired) electrons. The molecule has 1 fully saturated rings. The fourth-order valence-corrected chi connectivity index (χ4v) is 3.93. The van der Waals surface area contributed by atoms with Crippen LogP contribution in [0.5, 0.6) is 5.75 Å². The number of likely N-dealkylation sites (tertiary alicyclic amines) is 1. The Labute approximate surface area is 194 Å². The van der Waals surface area contributed by atoms with Gasteiger partial charge in [-0.1, -0.05) is 40.9 Å². The normalized spacial score (nSPS) is 18.0. The molecule has 6 nitrogen and oxygen atoms in total. The van der Waals surface area contributed by atoms with Gasteiger partial charge in [-0.05, 0) is 42.8 Å². The number of benzene rings is 2. The van der Waals surface area contributed by atoms with E-state index in [1.54, 1.807) is 30.3 Å². The van der Waals surface area contributed by atoms with Gasteiger partial charge in [-0.15, -0.1) is 0 Å². The number of ketones is 1. The lowest BCUT2D eigenvalue weighted by molar-refractivity contribution is -0.140. The van der Waals surface area contributed by atoms with Crippen LogP contribution in [0.15, 0.2) is 42.0 Å². The van der Waals surface area contributed by atoms with Crippen molar-refractivity contribution < 1.29 is 24.2 Å². The predicted molar refractivity (Wildman–Crippen MR) is 120 cm³/mol. The first kappa shape index (κ1) is 23.4. The summed E-state index contributed by atoms with van der Waals surface area (Å²) < 4.78 is 10.6. The molecule has 164 valence electrons. The van der Waals surface area contributed by atoms with E-state index in [2.05, 4.69) is 0 Å². The highest BCUT2D eigenvalue weighted by Crippen LogP contribution is 2.42. The number of rotatable bonds is 7. The zero-order valence-electron chi connectivity index (χ0n) is 16.8. The van der Waals surface area contributed by atoms with Crippen molar-refractivity contribution in [2.45, 2.75) is 13.0 Å². The number of nitrogens with zero attached hydrogens (tertiary/aromatic N) is 1. The van der Waals surface area contributed by atoms with Gasteiger partial charge in [0.1, 0.15) is 11.5 Å². The van der Waals surface area contributed by atoms with Gasteiger partial charge in [0.25, 0.3) is 11.7 Å². The van der Waals surface area contributed by atoms with E-state index in [9.17, 15) is 14.7 Å². The topological polar surface area (TPSA) is 76.1 Å². The summed E-state index contributed by atoms with van der Waals surface area (Å²) in [4.78, 5) is 27.1. The van der Waals surface area contributed by atoms with E-state index >= 15 is 0 Å². The fraction of sp³-hybridized carbons (Fsp3) is 0.273. The molecule has 1 heterocycles. The van der Waals surface area contributed by atoms with E-state index in [-0.39, 0.29) is 34.3 Å². The zero-order chi connectivity index (χ0) is 22.7. The number of methoxy groups -OCH3 is 1. The summed E-state index contributed by atoms with van der Waals surface area (Å²) in [6.45, 7) is 2.56. The van der Waals surface area contributed by atoms with Crippen LogP contribution in [0.25, 0.3) is 5.76 Å². The number of hydrogen-bond donors (Lipinski definition) is 1. The number of halogens is 3. The van der Waals surface area contributed by atoms with Crippen molar-refractivity contribution >= 4 is 52.3 Å². The number of carbonyl (C=O) groups is 2. The van der Waals surface area contributed by atoms with E-state index in [0.717, 1.165) is 0 Å². The minimum absolute atomic E-state index is 0.102. The third-order valence-corrected chi connectivity index (χ3v) is 5.91. The molecule has 1 aliphatic heterocycles.